The Morgan fingerprint density at radius 1 is 1.16 bits per heavy atom. The zero-order valence-corrected chi connectivity index (χ0v) is 12.2. The smallest absolute Gasteiger partial charge is 0.234 e. The van der Waals surface area contributed by atoms with Gasteiger partial charge in [-0.15, -0.1) is 0 Å². The number of hydrogen-bond acceptors (Lipinski definition) is 4. The lowest BCUT2D eigenvalue weighted by Gasteiger charge is -2.29. The van der Waals surface area contributed by atoms with Crippen LogP contribution in [-0.4, -0.2) is 60.6 Å². The van der Waals surface area contributed by atoms with Gasteiger partial charge in [0.2, 0.25) is 11.8 Å². The highest BCUT2D eigenvalue weighted by atomic mass is 16.3. The zero-order chi connectivity index (χ0) is 14.7. The molecule has 0 rings (SSSR count). The number of hydrogen-bond donors (Lipinski definition) is 3. The Morgan fingerprint density at radius 3 is 2.21 bits per heavy atom. The van der Waals surface area contributed by atoms with Gasteiger partial charge in [-0.05, 0) is 12.8 Å². The Hall–Kier alpha value is -1.14. The molecule has 0 fully saturated rings. The lowest BCUT2D eigenvalue weighted by molar-refractivity contribution is -0.123. The quantitative estimate of drug-likeness (QED) is 0.478. The molecule has 6 nitrogen and oxygen atoms in total. The van der Waals surface area contributed by atoms with Crippen LogP contribution in [0.25, 0.3) is 0 Å². The van der Waals surface area contributed by atoms with Crippen LogP contribution in [0.15, 0.2) is 0 Å². The molecule has 0 aliphatic heterocycles. The van der Waals surface area contributed by atoms with Gasteiger partial charge in [0.25, 0.3) is 0 Å². The molecular formula is C13H27N3O3. The molecule has 3 N–H and O–H groups in total. The molecule has 0 aliphatic rings. The summed E-state index contributed by atoms with van der Waals surface area (Å²) >= 11 is 0. The largest absolute Gasteiger partial charge is 0.395 e. The lowest BCUT2D eigenvalue weighted by atomic mass is 10.1. The molecule has 0 radical (unpaired) electrons. The number of nitrogens with one attached hydrogen (secondary N) is 2. The zero-order valence-electron chi connectivity index (χ0n) is 12.2. The summed E-state index contributed by atoms with van der Waals surface area (Å²) in [5.41, 5.74) is 0. The van der Waals surface area contributed by atoms with Crippen LogP contribution in [0.3, 0.4) is 0 Å². The second-order valence-electron chi connectivity index (χ2n) is 4.50. The van der Waals surface area contributed by atoms with Gasteiger partial charge in [-0.1, -0.05) is 13.8 Å². The Bertz CT molecular complexity index is 268. The predicted molar refractivity (Wildman–Crippen MR) is 74.7 cm³/mol. The van der Waals surface area contributed by atoms with E-state index in [1.807, 2.05) is 4.90 Å². The average molecular weight is 273 g/mol. The average Bonchev–Trinajstić information content (AvgIpc) is 2.36. The molecule has 0 saturated heterocycles. The maximum atomic E-state index is 11.8. The summed E-state index contributed by atoms with van der Waals surface area (Å²) < 4.78 is 0. The first-order valence-corrected chi connectivity index (χ1v) is 6.91. The molecule has 0 aromatic rings. The van der Waals surface area contributed by atoms with Gasteiger partial charge in [0.1, 0.15) is 0 Å². The van der Waals surface area contributed by atoms with Crippen LogP contribution in [0.4, 0.5) is 0 Å². The second kappa shape index (κ2) is 10.8. The molecule has 0 bridgehead atoms. The molecule has 0 spiro atoms. The van der Waals surface area contributed by atoms with Crippen molar-refractivity contribution in [2.24, 2.45) is 0 Å². The molecule has 0 unspecified atom stereocenters. The van der Waals surface area contributed by atoms with Crippen LogP contribution >= 0.6 is 0 Å². The molecule has 0 saturated carbocycles. The van der Waals surface area contributed by atoms with Gasteiger partial charge in [0.15, 0.2) is 0 Å². The third kappa shape index (κ3) is 8.56. The van der Waals surface area contributed by atoms with Crippen LogP contribution in [-0.2, 0) is 9.59 Å². The molecule has 19 heavy (non-hydrogen) atoms. The third-order valence-electron chi connectivity index (χ3n) is 3.01. The summed E-state index contributed by atoms with van der Waals surface area (Å²) in [5.74, 6) is -0.182. The van der Waals surface area contributed by atoms with Gasteiger partial charge >= 0.3 is 0 Å². The molecule has 0 aromatic carbocycles. The number of carbonyl (C=O) groups excluding carboxylic acids is 2. The second-order valence-corrected chi connectivity index (χ2v) is 4.50. The van der Waals surface area contributed by atoms with Crippen molar-refractivity contribution in [2.75, 3.05) is 32.8 Å². The highest BCUT2D eigenvalue weighted by Crippen LogP contribution is 2.07. The highest BCUT2D eigenvalue weighted by molar-refractivity contribution is 5.78. The maximum Gasteiger partial charge on any atom is 0.234 e. The summed E-state index contributed by atoms with van der Waals surface area (Å²) in [6, 6.07) is 0.313. The predicted octanol–water partition coefficient (Wildman–Crippen LogP) is -0.278. The molecular weight excluding hydrogens is 246 g/mol. The molecule has 2 amide bonds. The SMILES string of the molecule is CCC(CC)N(CCO)CC(=O)NCCNC(C)=O. The molecule has 0 aromatic heterocycles. The van der Waals surface area contributed by atoms with Gasteiger partial charge in [0.05, 0.1) is 13.2 Å². The van der Waals surface area contributed by atoms with E-state index in [0.717, 1.165) is 12.8 Å². The highest BCUT2D eigenvalue weighted by Gasteiger charge is 2.17. The molecule has 6 heteroatoms. The standard InChI is InChI=1S/C13H27N3O3/c1-4-12(5-2)16(8-9-17)10-13(19)15-7-6-14-11(3)18/h12,17H,4-10H2,1-3H3,(H,14,18)(H,15,19). The minimum absolute atomic E-state index is 0.0513. The summed E-state index contributed by atoms with van der Waals surface area (Å²) in [7, 11) is 0. The maximum absolute atomic E-state index is 11.8. The van der Waals surface area contributed by atoms with Gasteiger partial charge in [0, 0.05) is 32.6 Å². The summed E-state index contributed by atoms with van der Waals surface area (Å²) in [4.78, 5) is 24.4. The van der Waals surface area contributed by atoms with Crippen molar-refractivity contribution in [1.29, 1.82) is 0 Å². The lowest BCUT2D eigenvalue weighted by Crippen LogP contribution is -2.45. The first-order chi connectivity index (χ1) is 9.04. The summed E-state index contributed by atoms with van der Waals surface area (Å²) in [5, 5.41) is 14.4. The monoisotopic (exact) mass is 273 g/mol. The van der Waals surface area contributed by atoms with Crippen LogP contribution in [0.5, 0.6) is 0 Å². The first-order valence-electron chi connectivity index (χ1n) is 6.91. The van der Waals surface area contributed by atoms with Crippen molar-refractivity contribution in [3.8, 4) is 0 Å². The number of nitrogens with zero attached hydrogens (tertiary/aromatic N) is 1. The van der Waals surface area contributed by atoms with Gasteiger partial charge < -0.3 is 15.7 Å². The number of amides is 2. The van der Waals surface area contributed by atoms with Gasteiger partial charge in [-0.25, -0.2) is 0 Å². The minimum Gasteiger partial charge on any atom is -0.395 e. The van der Waals surface area contributed by atoms with E-state index in [-0.39, 0.29) is 25.0 Å². The Morgan fingerprint density at radius 2 is 1.74 bits per heavy atom. The van der Waals surface area contributed by atoms with E-state index in [2.05, 4.69) is 24.5 Å². The number of aliphatic hydroxyl groups is 1. The van der Waals surface area contributed by atoms with Gasteiger partial charge in [-0.2, -0.15) is 0 Å². The van der Waals surface area contributed by atoms with Crippen molar-refractivity contribution in [3.05, 3.63) is 0 Å². The molecule has 0 heterocycles. The Balaban J connectivity index is 4.05. The fraction of sp³-hybridized carbons (Fsp3) is 0.846. The fourth-order valence-electron chi connectivity index (χ4n) is 2.01. The van der Waals surface area contributed by atoms with E-state index in [9.17, 15) is 9.59 Å². The Kier molecular flexibility index (Phi) is 10.1. The van der Waals surface area contributed by atoms with Gasteiger partial charge in [-0.3, -0.25) is 14.5 Å². The number of rotatable bonds is 10. The van der Waals surface area contributed by atoms with Crippen molar-refractivity contribution in [2.45, 2.75) is 39.7 Å². The fourth-order valence-corrected chi connectivity index (χ4v) is 2.01. The van der Waals surface area contributed by atoms with E-state index < -0.39 is 0 Å². The topological polar surface area (TPSA) is 81.7 Å². The van der Waals surface area contributed by atoms with Crippen LogP contribution in [0.1, 0.15) is 33.6 Å². The van der Waals surface area contributed by atoms with E-state index in [1.54, 1.807) is 0 Å². The Labute approximate surface area is 115 Å². The van der Waals surface area contributed by atoms with Crippen LogP contribution in [0.2, 0.25) is 0 Å². The summed E-state index contributed by atoms with van der Waals surface area (Å²) in [6.07, 6.45) is 1.91. The van der Waals surface area contributed by atoms with Crippen molar-refractivity contribution in [3.63, 3.8) is 0 Å². The minimum atomic E-state index is -0.104. The van der Waals surface area contributed by atoms with E-state index in [4.69, 9.17) is 5.11 Å². The molecule has 112 valence electrons. The normalized spacial score (nSPS) is 10.8. The van der Waals surface area contributed by atoms with Crippen LogP contribution < -0.4 is 10.6 Å². The number of aliphatic hydroxyl groups excluding tert-OH is 1. The van der Waals surface area contributed by atoms with Crippen LogP contribution in [0, 0.1) is 0 Å². The molecule has 0 atom stereocenters. The van der Waals surface area contributed by atoms with E-state index in [0.29, 0.717) is 25.7 Å². The number of carbonyl (C=O) groups is 2. The van der Waals surface area contributed by atoms with E-state index in [1.165, 1.54) is 6.92 Å². The van der Waals surface area contributed by atoms with E-state index >= 15 is 0 Å². The van der Waals surface area contributed by atoms with Crippen molar-refractivity contribution < 1.29 is 14.7 Å². The third-order valence-corrected chi connectivity index (χ3v) is 3.01. The van der Waals surface area contributed by atoms with Crippen molar-refractivity contribution in [1.82, 2.24) is 15.5 Å². The molecule has 0 aliphatic carbocycles. The summed E-state index contributed by atoms with van der Waals surface area (Å²) in [6.45, 7) is 7.30. The van der Waals surface area contributed by atoms with Crippen molar-refractivity contribution >= 4 is 11.8 Å². The first kappa shape index (κ1) is 17.9.